The molecular formula is C27H31N5O3. The van der Waals surface area contributed by atoms with Crippen LogP contribution in [-0.2, 0) is 16.0 Å². The number of hydrogen-bond donors (Lipinski definition) is 3. The number of benzene rings is 2. The predicted octanol–water partition coefficient (Wildman–Crippen LogP) is 3.82. The van der Waals surface area contributed by atoms with E-state index in [-0.39, 0.29) is 5.91 Å². The molecule has 3 aromatic rings. The zero-order valence-electron chi connectivity index (χ0n) is 20.0. The first-order valence-corrected chi connectivity index (χ1v) is 12.1. The normalized spacial score (nSPS) is 16.8. The highest BCUT2D eigenvalue weighted by Gasteiger charge is 2.25. The highest BCUT2D eigenvalue weighted by molar-refractivity contribution is 6.32. The number of nitrogens with zero attached hydrogens (tertiary/aromatic N) is 2. The van der Waals surface area contributed by atoms with Crippen molar-refractivity contribution in [2.75, 3.05) is 50.1 Å². The van der Waals surface area contributed by atoms with E-state index in [4.69, 9.17) is 9.47 Å². The van der Waals surface area contributed by atoms with Crippen molar-refractivity contribution in [3.63, 3.8) is 0 Å². The average molecular weight is 474 g/mol. The van der Waals surface area contributed by atoms with E-state index >= 15 is 0 Å². The number of fused-ring (bicyclic) bond motifs is 1. The van der Waals surface area contributed by atoms with E-state index in [0.29, 0.717) is 18.6 Å². The van der Waals surface area contributed by atoms with Gasteiger partial charge in [-0.25, -0.2) is 0 Å². The molecule has 1 fully saturated rings. The van der Waals surface area contributed by atoms with Crippen molar-refractivity contribution in [2.24, 2.45) is 0 Å². The molecule has 182 valence electrons. The molecular weight excluding hydrogens is 442 g/mol. The van der Waals surface area contributed by atoms with Crippen LogP contribution in [0, 0.1) is 6.92 Å². The number of morpholine rings is 1. The van der Waals surface area contributed by atoms with Crippen LogP contribution in [0.15, 0.2) is 54.7 Å². The number of carbonyl (C=O) groups is 1. The summed E-state index contributed by atoms with van der Waals surface area (Å²) in [4.78, 5) is 14.8. The predicted molar refractivity (Wildman–Crippen MR) is 137 cm³/mol. The van der Waals surface area contributed by atoms with Crippen LogP contribution in [0.5, 0.6) is 5.75 Å². The lowest BCUT2D eigenvalue weighted by atomic mass is 10.0. The molecule has 0 bridgehead atoms. The largest absolute Gasteiger partial charge is 0.494 e. The molecule has 0 radical (unpaired) electrons. The highest BCUT2D eigenvalue weighted by atomic mass is 16.5. The number of H-pyrrole nitrogens is 1. The Morgan fingerprint density at radius 2 is 2.00 bits per heavy atom. The number of aryl methyl sites for hydroxylation is 1. The first-order chi connectivity index (χ1) is 17.2. The number of hydrogen-bond acceptors (Lipinski definition) is 6. The molecule has 3 heterocycles. The van der Waals surface area contributed by atoms with Crippen molar-refractivity contribution in [1.29, 1.82) is 0 Å². The van der Waals surface area contributed by atoms with Gasteiger partial charge in [0, 0.05) is 49.6 Å². The van der Waals surface area contributed by atoms with Gasteiger partial charge in [0.25, 0.3) is 5.91 Å². The zero-order valence-corrected chi connectivity index (χ0v) is 20.0. The van der Waals surface area contributed by atoms with Gasteiger partial charge in [-0.2, -0.15) is 5.10 Å². The SMILES string of the molecule is Cc1cccc2c1C(=CNc1cc(Cc3ccc(OCCCN4CCOCC4)cc3)n[nH]1)C(=O)N2. The van der Waals surface area contributed by atoms with Crippen LogP contribution in [0.3, 0.4) is 0 Å². The zero-order chi connectivity index (χ0) is 24.0. The first kappa shape index (κ1) is 23.1. The Morgan fingerprint density at radius 1 is 1.17 bits per heavy atom. The number of anilines is 2. The van der Waals surface area contributed by atoms with Gasteiger partial charge in [-0.05, 0) is 42.7 Å². The summed E-state index contributed by atoms with van der Waals surface area (Å²) in [5.74, 6) is 1.52. The van der Waals surface area contributed by atoms with Crippen LogP contribution < -0.4 is 15.4 Å². The molecule has 1 amide bonds. The fraction of sp³-hybridized carbons (Fsp3) is 0.333. The van der Waals surface area contributed by atoms with Crippen molar-refractivity contribution in [1.82, 2.24) is 15.1 Å². The van der Waals surface area contributed by atoms with Crippen molar-refractivity contribution < 1.29 is 14.3 Å². The molecule has 2 aliphatic rings. The lowest BCUT2D eigenvalue weighted by Crippen LogP contribution is -2.37. The fourth-order valence-electron chi connectivity index (χ4n) is 4.46. The maximum atomic E-state index is 12.4. The number of amides is 1. The van der Waals surface area contributed by atoms with Crippen molar-refractivity contribution in [2.45, 2.75) is 19.8 Å². The number of aromatic amines is 1. The monoisotopic (exact) mass is 473 g/mol. The number of ether oxygens (including phenoxy) is 2. The Hall–Kier alpha value is -3.62. The number of nitrogens with one attached hydrogen (secondary N) is 3. The maximum Gasteiger partial charge on any atom is 0.257 e. The first-order valence-electron chi connectivity index (χ1n) is 12.1. The molecule has 0 saturated carbocycles. The average Bonchev–Trinajstić information content (AvgIpc) is 3.46. The van der Waals surface area contributed by atoms with Crippen LogP contribution in [0.4, 0.5) is 11.5 Å². The number of rotatable bonds is 9. The minimum absolute atomic E-state index is 0.107. The standard InChI is InChI=1S/C27H31N5O3/c1-19-4-2-5-24-26(19)23(27(33)29-24)18-28-25-17-21(30-31-25)16-20-6-8-22(9-7-20)35-13-3-10-32-11-14-34-15-12-32/h2,4-9,17-18H,3,10-16H2,1H3,(H,29,33)(H2,28,30,31). The minimum Gasteiger partial charge on any atom is -0.494 e. The molecule has 2 aromatic carbocycles. The van der Waals surface area contributed by atoms with E-state index in [2.05, 4.69) is 37.9 Å². The summed E-state index contributed by atoms with van der Waals surface area (Å²) in [5.41, 5.74) is 5.53. The second-order valence-electron chi connectivity index (χ2n) is 8.90. The number of aromatic nitrogens is 2. The molecule has 8 nitrogen and oxygen atoms in total. The van der Waals surface area contributed by atoms with E-state index in [1.165, 1.54) is 0 Å². The summed E-state index contributed by atoms with van der Waals surface area (Å²) >= 11 is 0. The van der Waals surface area contributed by atoms with Crippen molar-refractivity contribution in [3.8, 4) is 5.75 Å². The third-order valence-electron chi connectivity index (χ3n) is 6.34. The Morgan fingerprint density at radius 3 is 2.83 bits per heavy atom. The second kappa shape index (κ2) is 10.8. The third kappa shape index (κ3) is 5.72. The summed E-state index contributed by atoms with van der Waals surface area (Å²) in [5, 5.41) is 13.5. The van der Waals surface area contributed by atoms with Gasteiger partial charge >= 0.3 is 0 Å². The van der Waals surface area contributed by atoms with Gasteiger partial charge in [0.1, 0.15) is 11.6 Å². The maximum absolute atomic E-state index is 12.4. The molecule has 8 heteroatoms. The minimum atomic E-state index is -0.107. The van der Waals surface area contributed by atoms with Gasteiger partial charge in [0.15, 0.2) is 0 Å². The summed E-state index contributed by atoms with van der Waals surface area (Å²) in [6.07, 6.45) is 3.44. The molecule has 35 heavy (non-hydrogen) atoms. The van der Waals surface area contributed by atoms with E-state index in [0.717, 1.165) is 78.9 Å². The van der Waals surface area contributed by atoms with Gasteiger partial charge in [-0.1, -0.05) is 24.3 Å². The van der Waals surface area contributed by atoms with Crippen LogP contribution in [0.25, 0.3) is 5.57 Å². The Bertz CT molecular complexity index is 1200. The van der Waals surface area contributed by atoms with Crippen molar-refractivity contribution >= 4 is 23.0 Å². The molecule has 5 rings (SSSR count). The Labute approximate surface area is 205 Å². The lowest BCUT2D eigenvalue weighted by Gasteiger charge is -2.26. The van der Waals surface area contributed by atoms with Crippen LogP contribution in [-0.4, -0.2) is 60.5 Å². The third-order valence-corrected chi connectivity index (χ3v) is 6.34. The molecule has 0 aliphatic carbocycles. The Kier molecular flexibility index (Phi) is 7.11. The molecule has 2 aliphatic heterocycles. The number of carbonyl (C=O) groups excluding carboxylic acids is 1. The molecule has 0 atom stereocenters. The highest BCUT2D eigenvalue weighted by Crippen LogP contribution is 2.34. The van der Waals surface area contributed by atoms with Crippen LogP contribution in [0.1, 0.15) is 28.8 Å². The quantitative estimate of drug-likeness (QED) is 0.323. The second-order valence-corrected chi connectivity index (χ2v) is 8.90. The van der Waals surface area contributed by atoms with Gasteiger partial charge in [0.2, 0.25) is 0 Å². The molecule has 0 spiro atoms. The summed E-state index contributed by atoms with van der Waals surface area (Å²) in [6.45, 7) is 7.45. The van der Waals surface area contributed by atoms with E-state index in [9.17, 15) is 4.79 Å². The lowest BCUT2D eigenvalue weighted by molar-refractivity contribution is -0.110. The van der Waals surface area contributed by atoms with Gasteiger partial charge < -0.3 is 20.1 Å². The Balaban J connectivity index is 1.11. The van der Waals surface area contributed by atoms with Gasteiger partial charge in [0.05, 0.1) is 31.1 Å². The smallest absolute Gasteiger partial charge is 0.257 e. The molecule has 3 N–H and O–H groups in total. The summed E-state index contributed by atoms with van der Waals surface area (Å²) in [6, 6.07) is 16.0. The summed E-state index contributed by atoms with van der Waals surface area (Å²) in [7, 11) is 0. The molecule has 0 unspecified atom stereocenters. The summed E-state index contributed by atoms with van der Waals surface area (Å²) < 4.78 is 11.3. The van der Waals surface area contributed by atoms with Gasteiger partial charge in [-0.3, -0.25) is 14.8 Å². The van der Waals surface area contributed by atoms with E-state index < -0.39 is 0 Å². The fourth-order valence-corrected chi connectivity index (χ4v) is 4.46. The van der Waals surface area contributed by atoms with E-state index in [1.54, 1.807) is 6.20 Å². The molecule has 1 aromatic heterocycles. The van der Waals surface area contributed by atoms with E-state index in [1.807, 2.05) is 43.3 Å². The molecule has 1 saturated heterocycles. The van der Waals surface area contributed by atoms with Crippen molar-refractivity contribution in [3.05, 3.63) is 77.1 Å². The van der Waals surface area contributed by atoms with Gasteiger partial charge in [-0.15, -0.1) is 0 Å². The van der Waals surface area contributed by atoms with Crippen LogP contribution >= 0.6 is 0 Å². The van der Waals surface area contributed by atoms with Crippen LogP contribution in [0.2, 0.25) is 0 Å². The topological polar surface area (TPSA) is 91.5 Å².